The molecule has 0 aromatic carbocycles. The molecule has 0 aliphatic heterocycles. The van der Waals surface area contributed by atoms with Crippen LogP contribution >= 0.6 is 0 Å². The SMILES string of the molecule is CC[C@@H]1CC[C@](CC)(CC(C)C)[C@H]1O[Si](C(C)C)(C(C)C)C(C)C. The van der Waals surface area contributed by atoms with Crippen LogP contribution < -0.4 is 0 Å². The molecule has 1 aliphatic rings. The lowest BCUT2D eigenvalue weighted by Gasteiger charge is -2.49. The van der Waals surface area contributed by atoms with Crippen molar-refractivity contribution in [2.75, 3.05) is 0 Å². The molecule has 0 N–H and O–H groups in total. The molecule has 0 unspecified atom stereocenters. The van der Waals surface area contributed by atoms with Crippen LogP contribution in [0.2, 0.25) is 16.6 Å². The predicted octanol–water partition coefficient (Wildman–Crippen LogP) is 7.81. The van der Waals surface area contributed by atoms with Gasteiger partial charge in [-0.1, -0.05) is 75.7 Å². The standard InChI is InChI=1S/C22H46OSi/c1-11-20-13-14-22(12-2,15-16(3)4)21(20)23-24(17(5)6,18(7)8)19(9)10/h16-21H,11-15H2,1-10H3/t20-,21+,22-/m1/s1. The van der Waals surface area contributed by atoms with E-state index in [2.05, 4.69) is 69.2 Å². The molecule has 0 radical (unpaired) electrons. The first-order chi connectivity index (χ1) is 11.1. The minimum atomic E-state index is -1.81. The van der Waals surface area contributed by atoms with Crippen LogP contribution in [0, 0.1) is 17.3 Å². The lowest BCUT2D eigenvalue weighted by molar-refractivity contribution is 0.0130. The van der Waals surface area contributed by atoms with E-state index in [-0.39, 0.29) is 0 Å². The Hall–Kier alpha value is 0.177. The smallest absolute Gasteiger partial charge is 0.200 e. The summed E-state index contributed by atoms with van der Waals surface area (Å²) in [6.45, 7) is 24.2. The van der Waals surface area contributed by atoms with E-state index in [0.29, 0.717) is 28.1 Å². The minimum absolute atomic E-state index is 0.422. The lowest BCUT2D eigenvalue weighted by Crippen LogP contribution is -2.54. The summed E-state index contributed by atoms with van der Waals surface area (Å²) in [7, 11) is -1.81. The molecule has 3 atom stereocenters. The van der Waals surface area contributed by atoms with Crippen molar-refractivity contribution < 1.29 is 4.43 Å². The van der Waals surface area contributed by atoms with Gasteiger partial charge in [0.15, 0.2) is 0 Å². The van der Waals surface area contributed by atoms with E-state index in [4.69, 9.17) is 4.43 Å². The van der Waals surface area contributed by atoms with Crippen molar-refractivity contribution in [3.8, 4) is 0 Å². The molecule has 1 nitrogen and oxygen atoms in total. The third-order valence-electron chi connectivity index (χ3n) is 7.13. The quantitative estimate of drug-likeness (QED) is 0.384. The van der Waals surface area contributed by atoms with E-state index in [1.807, 2.05) is 0 Å². The summed E-state index contributed by atoms with van der Waals surface area (Å²) in [5.74, 6) is 1.53. The van der Waals surface area contributed by atoms with Gasteiger partial charge in [-0.2, -0.15) is 0 Å². The van der Waals surface area contributed by atoms with Crippen molar-refractivity contribution >= 4 is 8.32 Å². The van der Waals surface area contributed by atoms with Crippen LogP contribution in [0.25, 0.3) is 0 Å². The molecule has 0 heterocycles. The van der Waals surface area contributed by atoms with Crippen LogP contribution in [0.5, 0.6) is 0 Å². The van der Waals surface area contributed by atoms with Crippen molar-refractivity contribution in [3.63, 3.8) is 0 Å². The first-order valence-corrected chi connectivity index (χ1v) is 12.9. The fraction of sp³-hybridized carbons (Fsp3) is 1.00. The van der Waals surface area contributed by atoms with Gasteiger partial charge in [0, 0.05) is 0 Å². The molecular weight excluding hydrogens is 308 g/mol. The van der Waals surface area contributed by atoms with Crippen molar-refractivity contribution in [2.24, 2.45) is 17.3 Å². The summed E-state index contributed by atoms with van der Waals surface area (Å²) in [6, 6.07) is 0. The van der Waals surface area contributed by atoms with Crippen LogP contribution in [-0.4, -0.2) is 14.4 Å². The highest BCUT2D eigenvalue weighted by Crippen LogP contribution is 2.55. The van der Waals surface area contributed by atoms with Gasteiger partial charge in [0.25, 0.3) is 0 Å². The maximum atomic E-state index is 7.43. The summed E-state index contributed by atoms with van der Waals surface area (Å²) in [5.41, 5.74) is 2.48. The zero-order chi connectivity index (χ0) is 18.7. The minimum Gasteiger partial charge on any atom is -0.412 e. The van der Waals surface area contributed by atoms with E-state index < -0.39 is 8.32 Å². The largest absolute Gasteiger partial charge is 0.412 e. The zero-order valence-corrected chi connectivity index (χ0v) is 19.4. The number of hydrogen-bond acceptors (Lipinski definition) is 1. The molecule has 1 aliphatic carbocycles. The fourth-order valence-corrected chi connectivity index (χ4v) is 11.8. The van der Waals surface area contributed by atoms with Gasteiger partial charge in [0.1, 0.15) is 0 Å². The third-order valence-corrected chi connectivity index (χ3v) is 13.2. The first-order valence-electron chi connectivity index (χ1n) is 10.7. The molecule has 0 aromatic heterocycles. The molecule has 24 heavy (non-hydrogen) atoms. The zero-order valence-electron chi connectivity index (χ0n) is 18.4. The molecular formula is C22H46OSi. The van der Waals surface area contributed by atoms with Crippen molar-refractivity contribution in [3.05, 3.63) is 0 Å². The van der Waals surface area contributed by atoms with Crippen LogP contribution in [0.3, 0.4) is 0 Å². The molecule has 1 saturated carbocycles. The summed E-state index contributed by atoms with van der Waals surface area (Å²) in [6.07, 6.45) is 7.15. The van der Waals surface area contributed by atoms with E-state index in [0.717, 1.165) is 11.8 Å². The summed E-state index contributed by atoms with van der Waals surface area (Å²) in [5, 5.41) is 0. The molecule has 0 bridgehead atoms. The van der Waals surface area contributed by atoms with Crippen LogP contribution in [0.15, 0.2) is 0 Å². The van der Waals surface area contributed by atoms with Gasteiger partial charge >= 0.3 is 0 Å². The highest BCUT2D eigenvalue weighted by Gasteiger charge is 2.54. The molecule has 0 spiro atoms. The van der Waals surface area contributed by atoms with Crippen molar-refractivity contribution in [1.82, 2.24) is 0 Å². The Morgan fingerprint density at radius 3 is 1.75 bits per heavy atom. The second-order valence-electron chi connectivity index (χ2n) is 9.88. The highest BCUT2D eigenvalue weighted by atomic mass is 28.4. The fourth-order valence-electron chi connectivity index (χ4n) is 6.09. The maximum absolute atomic E-state index is 7.43. The summed E-state index contributed by atoms with van der Waals surface area (Å²) >= 11 is 0. The van der Waals surface area contributed by atoms with Gasteiger partial charge in [0.05, 0.1) is 6.10 Å². The second kappa shape index (κ2) is 8.71. The molecule has 144 valence electrons. The number of hydrogen-bond donors (Lipinski definition) is 0. The Kier molecular flexibility index (Phi) is 8.06. The Morgan fingerprint density at radius 1 is 0.917 bits per heavy atom. The van der Waals surface area contributed by atoms with E-state index >= 15 is 0 Å². The van der Waals surface area contributed by atoms with Crippen molar-refractivity contribution in [1.29, 1.82) is 0 Å². The number of rotatable bonds is 9. The lowest BCUT2D eigenvalue weighted by atomic mass is 9.74. The molecule has 2 heteroatoms. The van der Waals surface area contributed by atoms with Gasteiger partial charge in [-0.3, -0.25) is 0 Å². The summed E-state index contributed by atoms with van der Waals surface area (Å²) < 4.78 is 7.43. The Labute approximate surface area is 154 Å². The molecule has 1 fully saturated rings. The Bertz CT molecular complexity index is 352. The average Bonchev–Trinajstić information content (AvgIpc) is 2.80. The summed E-state index contributed by atoms with van der Waals surface area (Å²) in [4.78, 5) is 0. The molecule has 0 saturated heterocycles. The van der Waals surface area contributed by atoms with E-state index in [1.165, 1.54) is 32.1 Å². The van der Waals surface area contributed by atoms with E-state index in [1.54, 1.807) is 0 Å². The van der Waals surface area contributed by atoms with Gasteiger partial charge in [-0.05, 0) is 59.6 Å². The van der Waals surface area contributed by atoms with Crippen LogP contribution in [-0.2, 0) is 4.43 Å². The highest BCUT2D eigenvalue weighted by molar-refractivity contribution is 6.77. The van der Waals surface area contributed by atoms with Crippen LogP contribution in [0.4, 0.5) is 0 Å². The van der Waals surface area contributed by atoms with Gasteiger partial charge in [0.2, 0.25) is 8.32 Å². The monoisotopic (exact) mass is 354 g/mol. The predicted molar refractivity (Wildman–Crippen MR) is 111 cm³/mol. The normalized spacial score (nSPS) is 28.8. The second-order valence-corrected chi connectivity index (χ2v) is 15.3. The van der Waals surface area contributed by atoms with Crippen molar-refractivity contribution in [2.45, 2.75) is 124 Å². The first kappa shape index (κ1) is 22.2. The molecule has 0 aromatic rings. The molecule has 0 amide bonds. The van der Waals surface area contributed by atoms with Gasteiger partial charge in [-0.15, -0.1) is 0 Å². The van der Waals surface area contributed by atoms with Crippen LogP contribution in [0.1, 0.15) is 101 Å². The maximum Gasteiger partial charge on any atom is 0.200 e. The van der Waals surface area contributed by atoms with Gasteiger partial charge < -0.3 is 4.43 Å². The third kappa shape index (κ3) is 4.11. The average molecular weight is 355 g/mol. The van der Waals surface area contributed by atoms with E-state index in [9.17, 15) is 0 Å². The Morgan fingerprint density at radius 2 is 1.42 bits per heavy atom. The topological polar surface area (TPSA) is 9.23 Å². The van der Waals surface area contributed by atoms with Gasteiger partial charge in [-0.25, -0.2) is 0 Å². The molecule has 1 rings (SSSR count). The Balaban J connectivity index is 3.28.